The third-order valence-electron chi connectivity index (χ3n) is 4.76. The zero-order valence-corrected chi connectivity index (χ0v) is 16.5. The Hall–Kier alpha value is -3.64. The molecular formula is C23H17ClFN3O2. The fourth-order valence-electron chi connectivity index (χ4n) is 3.38. The van der Waals surface area contributed by atoms with E-state index in [-0.39, 0.29) is 18.3 Å². The van der Waals surface area contributed by atoms with E-state index in [1.165, 1.54) is 12.1 Å². The first-order valence-corrected chi connectivity index (χ1v) is 9.53. The first kappa shape index (κ1) is 19.7. The molecule has 2 amide bonds. The summed E-state index contributed by atoms with van der Waals surface area (Å²) in [4.78, 5) is 24.5. The topological polar surface area (TPSA) is 77.1 Å². The van der Waals surface area contributed by atoms with E-state index in [2.05, 4.69) is 5.32 Å². The molecule has 0 aliphatic rings. The lowest BCUT2D eigenvalue weighted by Gasteiger charge is -2.10. The van der Waals surface area contributed by atoms with Crippen LogP contribution >= 0.6 is 11.6 Å². The van der Waals surface area contributed by atoms with Crippen LogP contribution in [0.3, 0.4) is 0 Å². The molecule has 1 aromatic heterocycles. The fourth-order valence-corrected chi connectivity index (χ4v) is 3.61. The molecule has 3 aromatic carbocycles. The number of nitrogens with one attached hydrogen (secondary N) is 1. The Morgan fingerprint density at radius 1 is 1.00 bits per heavy atom. The summed E-state index contributed by atoms with van der Waals surface area (Å²) in [6, 6.07) is 19.8. The molecule has 3 N–H and O–H groups in total. The number of carbonyl (C=O) groups excluding carboxylic acids is 2. The first-order chi connectivity index (χ1) is 14.4. The molecule has 0 saturated carbocycles. The Morgan fingerprint density at radius 2 is 1.80 bits per heavy atom. The number of rotatable bonds is 5. The summed E-state index contributed by atoms with van der Waals surface area (Å²) >= 11 is 6.09. The summed E-state index contributed by atoms with van der Waals surface area (Å²) in [5.74, 6) is -1.28. The number of carbonyl (C=O) groups is 2. The highest BCUT2D eigenvalue weighted by molar-refractivity contribution is 6.34. The third-order valence-corrected chi connectivity index (χ3v) is 5.09. The number of hydrogen-bond acceptors (Lipinski definition) is 2. The lowest BCUT2D eigenvalue weighted by Crippen LogP contribution is -2.17. The summed E-state index contributed by atoms with van der Waals surface area (Å²) in [5, 5.41) is 3.88. The van der Waals surface area contributed by atoms with Gasteiger partial charge in [0.1, 0.15) is 11.5 Å². The number of nitrogens with two attached hydrogens (primary N) is 1. The van der Waals surface area contributed by atoms with Crippen LogP contribution in [0, 0.1) is 5.82 Å². The minimum Gasteiger partial charge on any atom is -0.364 e. The monoisotopic (exact) mass is 421 g/mol. The smallest absolute Gasteiger partial charge is 0.265 e. The lowest BCUT2D eigenvalue weighted by molar-refractivity contribution is 0.0990. The van der Waals surface area contributed by atoms with Gasteiger partial charge in [-0.1, -0.05) is 35.9 Å². The van der Waals surface area contributed by atoms with Crippen molar-refractivity contribution in [3.05, 3.63) is 100 Å². The van der Waals surface area contributed by atoms with Crippen LogP contribution in [0.2, 0.25) is 5.02 Å². The lowest BCUT2D eigenvalue weighted by atomic mass is 10.2. The van der Waals surface area contributed by atoms with Gasteiger partial charge in [0.15, 0.2) is 0 Å². The van der Waals surface area contributed by atoms with Crippen molar-refractivity contribution >= 4 is 40.0 Å². The number of aromatic nitrogens is 1. The van der Waals surface area contributed by atoms with Crippen molar-refractivity contribution in [2.24, 2.45) is 5.73 Å². The molecule has 0 radical (unpaired) electrons. The van der Waals surface area contributed by atoms with Crippen LogP contribution < -0.4 is 11.1 Å². The number of anilines is 1. The van der Waals surface area contributed by atoms with Gasteiger partial charge < -0.3 is 15.6 Å². The van der Waals surface area contributed by atoms with E-state index in [1.54, 1.807) is 65.2 Å². The van der Waals surface area contributed by atoms with Gasteiger partial charge in [-0.25, -0.2) is 4.39 Å². The molecular weight excluding hydrogens is 405 g/mol. The molecule has 0 aliphatic carbocycles. The molecule has 0 bridgehead atoms. The summed E-state index contributed by atoms with van der Waals surface area (Å²) in [5.41, 5.74) is 8.20. The molecule has 4 rings (SSSR count). The highest BCUT2D eigenvalue weighted by atomic mass is 35.5. The third kappa shape index (κ3) is 3.90. The van der Waals surface area contributed by atoms with Crippen LogP contribution in [0.1, 0.15) is 26.4 Å². The summed E-state index contributed by atoms with van der Waals surface area (Å²) in [7, 11) is 0. The van der Waals surface area contributed by atoms with Gasteiger partial charge >= 0.3 is 0 Å². The van der Waals surface area contributed by atoms with Crippen molar-refractivity contribution in [2.45, 2.75) is 6.54 Å². The summed E-state index contributed by atoms with van der Waals surface area (Å²) in [6.45, 7) is 0.283. The van der Waals surface area contributed by atoms with Crippen LogP contribution in [0.15, 0.2) is 72.8 Å². The second kappa shape index (κ2) is 8.00. The predicted octanol–water partition coefficient (Wildman–Crippen LogP) is 4.83. The van der Waals surface area contributed by atoms with Gasteiger partial charge in [0.25, 0.3) is 11.8 Å². The van der Waals surface area contributed by atoms with Gasteiger partial charge in [0, 0.05) is 23.1 Å². The van der Waals surface area contributed by atoms with E-state index in [0.717, 1.165) is 10.9 Å². The van der Waals surface area contributed by atoms with Gasteiger partial charge in [0.05, 0.1) is 10.6 Å². The van der Waals surface area contributed by atoms with Crippen LogP contribution in [-0.4, -0.2) is 16.4 Å². The average molecular weight is 422 g/mol. The maximum atomic E-state index is 13.6. The second-order valence-electron chi connectivity index (χ2n) is 6.82. The van der Waals surface area contributed by atoms with Crippen molar-refractivity contribution in [2.75, 3.05) is 5.32 Å². The molecule has 30 heavy (non-hydrogen) atoms. The molecule has 1 heterocycles. The normalized spacial score (nSPS) is 10.9. The standard InChI is InChI=1S/C23H17ClFN3O2/c24-19-7-2-1-6-18(19)23(30)27-17-8-9-20-15(11-17)12-21(22(26)29)28(20)13-14-4-3-5-16(25)10-14/h1-12H,13H2,(H2,26,29)(H,27,30). The highest BCUT2D eigenvalue weighted by Crippen LogP contribution is 2.26. The van der Waals surface area contributed by atoms with Gasteiger partial charge in [-0.15, -0.1) is 0 Å². The number of halogens is 2. The SMILES string of the molecule is NC(=O)c1cc2cc(NC(=O)c3ccccc3Cl)ccc2n1Cc1cccc(F)c1. The number of benzene rings is 3. The van der Waals surface area contributed by atoms with E-state index in [0.29, 0.717) is 27.5 Å². The summed E-state index contributed by atoms with van der Waals surface area (Å²) < 4.78 is 15.3. The largest absolute Gasteiger partial charge is 0.364 e. The van der Waals surface area contributed by atoms with Crippen molar-refractivity contribution in [1.82, 2.24) is 4.57 Å². The van der Waals surface area contributed by atoms with Crippen LogP contribution in [-0.2, 0) is 6.54 Å². The quantitative estimate of drug-likeness (QED) is 0.484. The number of fused-ring (bicyclic) bond motifs is 1. The maximum absolute atomic E-state index is 13.6. The molecule has 0 unspecified atom stereocenters. The minimum atomic E-state index is -0.593. The van der Waals surface area contributed by atoms with Crippen molar-refractivity contribution in [1.29, 1.82) is 0 Å². The zero-order chi connectivity index (χ0) is 21.3. The Morgan fingerprint density at radius 3 is 2.53 bits per heavy atom. The second-order valence-corrected chi connectivity index (χ2v) is 7.22. The minimum absolute atomic E-state index is 0.283. The van der Waals surface area contributed by atoms with Gasteiger partial charge in [0.2, 0.25) is 0 Å². The predicted molar refractivity (Wildman–Crippen MR) is 115 cm³/mol. The highest BCUT2D eigenvalue weighted by Gasteiger charge is 2.15. The molecule has 4 aromatic rings. The molecule has 0 saturated heterocycles. The van der Waals surface area contributed by atoms with Crippen LogP contribution in [0.5, 0.6) is 0 Å². The number of nitrogens with zero attached hydrogens (tertiary/aromatic N) is 1. The molecule has 0 aliphatic heterocycles. The van der Waals surface area contributed by atoms with Gasteiger partial charge in [-0.2, -0.15) is 0 Å². The van der Waals surface area contributed by atoms with E-state index in [1.807, 2.05) is 0 Å². The zero-order valence-electron chi connectivity index (χ0n) is 15.7. The molecule has 150 valence electrons. The van der Waals surface area contributed by atoms with Crippen molar-refractivity contribution in [3.8, 4) is 0 Å². The molecule has 7 heteroatoms. The number of primary amides is 1. The van der Waals surface area contributed by atoms with E-state index < -0.39 is 5.91 Å². The van der Waals surface area contributed by atoms with Gasteiger partial charge in [-0.3, -0.25) is 9.59 Å². The Labute approximate surface area is 176 Å². The Bertz CT molecular complexity index is 1280. The average Bonchev–Trinajstić information content (AvgIpc) is 3.06. The van der Waals surface area contributed by atoms with Gasteiger partial charge in [-0.05, 0) is 54.1 Å². The molecule has 5 nitrogen and oxygen atoms in total. The maximum Gasteiger partial charge on any atom is 0.265 e. The Balaban J connectivity index is 1.69. The van der Waals surface area contributed by atoms with Crippen LogP contribution in [0.4, 0.5) is 10.1 Å². The van der Waals surface area contributed by atoms with Crippen molar-refractivity contribution < 1.29 is 14.0 Å². The number of amides is 2. The Kier molecular flexibility index (Phi) is 5.25. The van der Waals surface area contributed by atoms with E-state index in [9.17, 15) is 14.0 Å². The molecule has 0 fully saturated rings. The fraction of sp³-hybridized carbons (Fsp3) is 0.0435. The number of hydrogen-bond donors (Lipinski definition) is 2. The van der Waals surface area contributed by atoms with E-state index >= 15 is 0 Å². The summed E-state index contributed by atoms with van der Waals surface area (Å²) in [6.07, 6.45) is 0. The molecule has 0 spiro atoms. The molecule has 0 atom stereocenters. The van der Waals surface area contributed by atoms with Crippen LogP contribution in [0.25, 0.3) is 10.9 Å². The first-order valence-electron chi connectivity index (χ1n) is 9.16. The van der Waals surface area contributed by atoms with E-state index in [4.69, 9.17) is 17.3 Å². The van der Waals surface area contributed by atoms with Crippen molar-refractivity contribution in [3.63, 3.8) is 0 Å².